The first-order chi connectivity index (χ1) is 8.22. The third kappa shape index (κ3) is 2.76. The number of hydrogen-bond acceptors (Lipinski definition) is 3. The zero-order chi connectivity index (χ0) is 12.3. The molecule has 0 aliphatic heterocycles. The first-order valence-electron chi connectivity index (χ1n) is 5.96. The second kappa shape index (κ2) is 5.47. The third-order valence-electron chi connectivity index (χ3n) is 2.96. The van der Waals surface area contributed by atoms with Crippen molar-refractivity contribution in [1.29, 1.82) is 0 Å². The summed E-state index contributed by atoms with van der Waals surface area (Å²) in [5.41, 5.74) is 2.30. The molecule has 0 saturated heterocycles. The number of nitrogens with zero attached hydrogens (tertiary/aromatic N) is 1. The Hall–Kier alpha value is -1.13. The quantitative estimate of drug-likeness (QED) is 0.855. The van der Waals surface area contributed by atoms with Crippen molar-refractivity contribution in [3.05, 3.63) is 29.4 Å². The molecule has 0 bridgehead atoms. The van der Waals surface area contributed by atoms with E-state index in [0.29, 0.717) is 11.8 Å². The van der Waals surface area contributed by atoms with Crippen LogP contribution in [0, 0.1) is 5.92 Å². The molecule has 0 spiro atoms. The van der Waals surface area contributed by atoms with Crippen LogP contribution in [0.5, 0.6) is 0 Å². The van der Waals surface area contributed by atoms with Gasteiger partial charge in [-0.1, -0.05) is 13.8 Å². The second-order valence-corrected chi connectivity index (χ2v) is 5.43. The van der Waals surface area contributed by atoms with Crippen LogP contribution in [0.4, 0.5) is 0 Å². The number of nitrogens with one attached hydrogen (secondary N) is 2. The van der Waals surface area contributed by atoms with Crippen molar-refractivity contribution in [2.45, 2.75) is 19.8 Å². The molecular weight excluding hydrogens is 230 g/mol. The topological polar surface area (TPSA) is 40.7 Å². The Balaban J connectivity index is 2.22. The molecule has 2 heterocycles. The highest BCUT2D eigenvalue weighted by molar-refractivity contribution is 7.13. The van der Waals surface area contributed by atoms with Gasteiger partial charge >= 0.3 is 0 Å². The molecule has 1 atom stereocenters. The van der Waals surface area contributed by atoms with Crippen LogP contribution in [0.2, 0.25) is 0 Å². The van der Waals surface area contributed by atoms with Crippen molar-refractivity contribution in [2.75, 3.05) is 13.6 Å². The molecule has 2 aromatic rings. The predicted octanol–water partition coefficient (Wildman–Crippen LogP) is 3.10. The molecule has 0 aliphatic carbocycles. The number of thiazole rings is 1. The molecule has 92 valence electrons. The van der Waals surface area contributed by atoms with Crippen molar-refractivity contribution in [2.24, 2.45) is 5.92 Å². The van der Waals surface area contributed by atoms with E-state index in [1.165, 1.54) is 5.69 Å². The predicted molar refractivity (Wildman–Crippen MR) is 73.4 cm³/mol. The van der Waals surface area contributed by atoms with Gasteiger partial charge in [-0.25, -0.2) is 4.98 Å². The lowest BCUT2D eigenvalue weighted by atomic mass is 9.93. The summed E-state index contributed by atoms with van der Waals surface area (Å²) in [6.07, 6.45) is 1.93. The average molecular weight is 249 g/mol. The molecule has 0 saturated carbocycles. The van der Waals surface area contributed by atoms with E-state index in [0.717, 1.165) is 17.2 Å². The Morgan fingerprint density at radius 1 is 1.47 bits per heavy atom. The minimum atomic E-state index is 0.486. The summed E-state index contributed by atoms with van der Waals surface area (Å²) >= 11 is 1.71. The summed E-state index contributed by atoms with van der Waals surface area (Å²) in [6.45, 7) is 5.47. The minimum absolute atomic E-state index is 0.486. The van der Waals surface area contributed by atoms with Gasteiger partial charge in [-0.2, -0.15) is 0 Å². The second-order valence-electron chi connectivity index (χ2n) is 4.57. The van der Waals surface area contributed by atoms with Gasteiger partial charge in [0.25, 0.3) is 0 Å². The van der Waals surface area contributed by atoms with Crippen molar-refractivity contribution < 1.29 is 0 Å². The van der Waals surface area contributed by atoms with E-state index < -0.39 is 0 Å². The Morgan fingerprint density at radius 2 is 2.29 bits per heavy atom. The first-order valence-corrected chi connectivity index (χ1v) is 6.84. The van der Waals surface area contributed by atoms with Gasteiger partial charge in [-0.05, 0) is 25.1 Å². The third-order valence-corrected chi connectivity index (χ3v) is 3.85. The van der Waals surface area contributed by atoms with Gasteiger partial charge in [0.2, 0.25) is 0 Å². The fraction of sp³-hybridized carbons (Fsp3) is 0.462. The van der Waals surface area contributed by atoms with Gasteiger partial charge in [0.05, 0.1) is 11.4 Å². The lowest BCUT2D eigenvalue weighted by molar-refractivity contribution is 0.471. The first kappa shape index (κ1) is 12.3. The van der Waals surface area contributed by atoms with Crippen molar-refractivity contribution >= 4 is 11.3 Å². The van der Waals surface area contributed by atoms with Crippen LogP contribution in [-0.2, 0) is 0 Å². The molecule has 2 N–H and O–H groups in total. The normalized spacial score (nSPS) is 13.2. The van der Waals surface area contributed by atoms with E-state index in [1.54, 1.807) is 11.3 Å². The number of likely N-dealkylation sites (N-methyl/N-ethyl adjacent to an activating group) is 1. The Labute approximate surface area is 106 Å². The highest BCUT2D eigenvalue weighted by Gasteiger charge is 2.18. The van der Waals surface area contributed by atoms with Crippen LogP contribution >= 0.6 is 11.3 Å². The van der Waals surface area contributed by atoms with E-state index in [1.807, 2.05) is 19.3 Å². The summed E-state index contributed by atoms with van der Waals surface area (Å²) in [6, 6.07) is 4.06. The van der Waals surface area contributed by atoms with Crippen LogP contribution in [0.3, 0.4) is 0 Å². The maximum absolute atomic E-state index is 4.74. The van der Waals surface area contributed by atoms with E-state index in [9.17, 15) is 0 Å². The molecule has 2 rings (SSSR count). The van der Waals surface area contributed by atoms with E-state index in [-0.39, 0.29) is 0 Å². The summed E-state index contributed by atoms with van der Waals surface area (Å²) in [4.78, 5) is 7.94. The number of aromatic amines is 1. The minimum Gasteiger partial charge on any atom is -0.359 e. The fourth-order valence-electron chi connectivity index (χ4n) is 1.95. The zero-order valence-corrected chi connectivity index (χ0v) is 11.3. The Bertz CT molecular complexity index is 445. The summed E-state index contributed by atoms with van der Waals surface area (Å²) in [5, 5.41) is 6.50. The SMILES string of the molecule is CNCC(c1csc(-c2ccc[nH]2)n1)C(C)C. The van der Waals surface area contributed by atoms with Crippen LogP contribution in [-0.4, -0.2) is 23.6 Å². The van der Waals surface area contributed by atoms with E-state index >= 15 is 0 Å². The van der Waals surface area contributed by atoms with Crippen molar-refractivity contribution in [1.82, 2.24) is 15.3 Å². The van der Waals surface area contributed by atoms with E-state index in [2.05, 4.69) is 35.6 Å². The summed E-state index contributed by atoms with van der Waals surface area (Å²) in [7, 11) is 1.99. The fourth-order valence-corrected chi connectivity index (χ4v) is 2.82. The van der Waals surface area contributed by atoms with Crippen LogP contribution < -0.4 is 5.32 Å². The highest BCUT2D eigenvalue weighted by Crippen LogP contribution is 2.29. The number of rotatable bonds is 5. The smallest absolute Gasteiger partial charge is 0.139 e. The largest absolute Gasteiger partial charge is 0.359 e. The standard InChI is InChI=1S/C13H19N3S/c1-9(2)10(7-14-3)12-8-17-13(16-12)11-5-4-6-15-11/h4-6,8-10,14-15H,7H2,1-3H3. The number of aromatic nitrogens is 2. The van der Waals surface area contributed by atoms with Gasteiger partial charge in [-0.3, -0.25) is 0 Å². The van der Waals surface area contributed by atoms with Crippen LogP contribution in [0.15, 0.2) is 23.7 Å². The molecule has 0 aromatic carbocycles. The highest BCUT2D eigenvalue weighted by atomic mass is 32.1. The van der Waals surface area contributed by atoms with Crippen LogP contribution in [0.1, 0.15) is 25.5 Å². The monoisotopic (exact) mass is 249 g/mol. The molecule has 0 radical (unpaired) electrons. The molecule has 1 unspecified atom stereocenters. The molecule has 17 heavy (non-hydrogen) atoms. The molecule has 0 amide bonds. The Kier molecular flexibility index (Phi) is 3.97. The van der Waals surface area contributed by atoms with E-state index in [4.69, 9.17) is 4.98 Å². The van der Waals surface area contributed by atoms with Crippen molar-refractivity contribution in [3.8, 4) is 10.7 Å². The molecule has 0 aliphatic rings. The van der Waals surface area contributed by atoms with Gasteiger partial charge in [0.15, 0.2) is 0 Å². The van der Waals surface area contributed by atoms with Gasteiger partial charge in [0.1, 0.15) is 5.01 Å². The molecule has 4 heteroatoms. The maximum atomic E-state index is 4.74. The number of hydrogen-bond donors (Lipinski definition) is 2. The molecule has 3 nitrogen and oxygen atoms in total. The summed E-state index contributed by atoms with van der Waals surface area (Å²) < 4.78 is 0. The molecular formula is C13H19N3S. The summed E-state index contributed by atoms with van der Waals surface area (Å²) in [5.74, 6) is 1.08. The lowest BCUT2D eigenvalue weighted by Gasteiger charge is -2.18. The zero-order valence-electron chi connectivity index (χ0n) is 10.5. The maximum Gasteiger partial charge on any atom is 0.139 e. The molecule has 2 aromatic heterocycles. The van der Waals surface area contributed by atoms with Crippen molar-refractivity contribution in [3.63, 3.8) is 0 Å². The van der Waals surface area contributed by atoms with Gasteiger partial charge in [-0.15, -0.1) is 11.3 Å². The van der Waals surface area contributed by atoms with Gasteiger partial charge < -0.3 is 10.3 Å². The van der Waals surface area contributed by atoms with Crippen LogP contribution in [0.25, 0.3) is 10.7 Å². The molecule has 0 fully saturated rings. The average Bonchev–Trinajstić information content (AvgIpc) is 2.95. The number of H-pyrrole nitrogens is 1. The van der Waals surface area contributed by atoms with Gasteiger partial charge in [0, 0.05) is 24.0 Å². The lowest BCUT2D eigenvalue weighted by Crippen LogP contribution is -2.21. The Morgan fingerprint density at radius 3 is 2.88 bits per heavy atom.